The first-order chi connectivity index (χ1) is 4.86. The molecule has 0 radical (unpaired) electrons. The molecule has 0 saturated heterocycles. The molecule has 0 atom stereocenters. The van der Waals surface area contributed by atoms with Crippen LogP contribution in [0.2, 0.25) is 0 Å². The summed E-state index contributed by atoms with van der Waals surface area (Å²) in [5.41, 5.74) is 1.21. The Morgan fingerprint density at radius 2 is 2.50 bits per heavy atom. The number of hydrogen-bond donors (Lipinski definition) is 2. The topological polar surface area (TPSA) is 28.7 Å². The lowest BCUT2D eigenvalue weighted by Gasteiger charge is -1.88. The van der Waals surface area contributed by atoms with Crippen molar-refractivity contribution in [2.24, 2.45) is 0 Å². The van der Waals surface area contributed by atoms with Gasteiger partial charge >= 0.3 is 0 Å². The molecule has 0 aromatic carbocycles. The quantitative estimate of drug-likeness (QED) is 0.637. The standard InChI is InChI=1S/C7H12N2S/c1-2-6-5-8-7(9-6)3-4-10/h5,10H,2-4H2,1H3,(H,8,9). The number of nitrogens with zero attached hydrogens (tertiary/aromatic N) is 1. The predicted octanol–water partition coefficient (Wildman–Crippen LogP) is 1.44. The van der Waals surface area contributed by atoms with E-state index in [2.05, 4.69) is 29.5 Å². The molecule has 0 amide bonds. The third-order valence-corrected chi connectivity index (χ3v) is 1.63. The lowest BCUT2D eigenvalue weighted by atomic mass is 10.4. The number of thiol groups is 1. The van der Waals surface area contributed by atoms with E-state index in [0.717, 1.165) is 24.4 Å². The SMILES string of the molecule is CCc1cnc(CCS)[nH]1. The van der Waals surface area contributed by atoms with E-state index >= 15 is 0 Å². The average Bonchev–Trinajstić information content (AvgIpc) is 2.37. The third-order valence-electron chi connectivity index (χ3n) is 1.41. The number of aromatic nitrogens is 2. The minimum atomic E-state index is 0.858. The number of aryl methyl sites for hydroxylation is 2. The van der Waals surface area contributed by atoms with E-state index in [-0.39, 0.29) is 0 Å². The average molecular weight is 156 g/mol. The highest BCUT2D eigenvalue weighted by molar-refractivity contribution is 7.80. The first kappa shape index (κ1) is 7.66. The second-order valence-electron chi connectivity index (χ2n) is 2.18. The van der Waals surface area contributed by atoms with Crippen LogP contribution in [0.5, 0.6) is 0 Å². The van der Waals surface area contributed by atoms with Gasteiger partial charge in [0.15, 0.2) is 0 Å². The van der Waals surface area contributed by atoms with E-state index in [1.165, 1.54) is 5.69 Å². The maximum absolute atomic E-state index is 4.17. The molecule has 0 bridgehead atoms. The Hall–Kier alpha value is -0.440. The zero-order valence-corrected chi connectivity index (χ0v) is 6.99. The highest BCUT2D eigenvalue weighted by atomic mass is 32.1. The summed E-state index contributed by atoms with van der Waals surface area (Å²) in [5, 5.41) is 0. The molecule has 1 heterocycles. The minimum Gasteiger partial charge on any atom is -0.346 e. The van der Waals surface area contributed by atoms with Crippen LogP contribution < -0.4 is 0 Å². The molecule has 0 saturated carbocycles. The largest absolute Gasteiger partial charge is 0.346 e. The molecule has 56 valence electrons. The van der Waals surface area contributed by atoms with Gasteiger partial charge in [0.1, 0.15) is 5.82 Å². The maximum Gasteiger partial charge on any atom is 0.107 e. The van der Waals surface area contributed by atoms with Gasteiger partial charge in [0.05, 0.1) is 0 Å². The van der Waals surface area contributed by atoms with E-state index in [4.69, 9.17) is 0 Å². The van der Waals surface area contributed by atoms with Gasteiger partial charge in [-0.2, -0.15) is 12.6 Å². The van der Waals surface area contributed by atoms with Crippen LogP contribution in [0.3, 0.4) is 0 Å². The van der Waals surface area contributed by atoms with Crippen molar-refractivity contribution in [1.82, 2.24) is 9.97 Å². The zero-order chi connectivity index (χ0) is 7.40. The Morgan fingerprint density at radius 3 is 3.00 bits per heavy atom. The van der Waals surface area contributed by atoms with Crippen LogP contribution in [0.15, 0.2) is 6.20 Å². The molecule has 0 unspecified atom stereocenters. The molecule has 2 nitrogen and oxygen atoms in total. The van der Waals surface area contributed by atoms with E-state index in [1.807, 2.05) is 6.20 Å². The first-order valence-corrected chi connectivity index (χ1v) is 4.13. The summed E-state index contributed by atoms with van der Waals surface area (Å²) in [4.78, 5) is 7.38. The summed E-state index contributed by atoms with van der Waals surface area (Å²) < 4.78 is 0. The fraction of sp³-hybridized carbons (Fsp3) is 0.571. The second-order valence-corrected chi connectivity index (χ2v) is 2.63. The summed E-state index contributed by atoms with van der Waals surface area (Å²) in [6, 6.07) is 0. The minimum absolute atomic E-state index is 0.858. The van der Waals surface area contributed by atoms with E-state index in [1.54, 1.807) is 0 Å². The fourth-order valence-corrected chi connectivity index (χ4v) is 1.03. The fourth-order valence-electron chi connectivity index (χ4n) is 0.818. The molecule has 1 N–H and O–H groups in total. The molecular formula is C7H12N2S. The Labute approximate surface area is 66.5 Å². The van der Waals surface area contributed by atoms with Crippen molar-refractivity contribution in [3.63, 3.8) is 0 Å². The van der Waals surface area contributed by atoms with Crippen molar-refractivity contribution in [3.8, 4) is 0 Å². The smallest absolute Gasteiger partial charge is 0.107 e. The van der Waals surface area contributed by atoms with Crippen molar-refractivity contribution in [2.75, 3.05) is 5.75 Å². The van der Waals surface area contributed by atoms with Crippen LogP contribution in [0.1, 0.15) is 18.4 Å². The predicted molar refractivity (Wildman–Crippen MR) is 45.5 cm³/mol. The number of aromatic amines is 1. The number of imidazole rings is 1. The van der Waals surface area contributed by atoms with Gasteiger partial charge in [-0.3, -0.25) is 0 Å². The van der Waals surface area contributed by atoms with Crippen molar-refractivity contribution in [1.29, 1.82) is 0 Å². The van der Waals surface area contributed by atoms with E-state index in [0.29, 0.717) is 0 Å². The first-order valence-electron chi connectivity index (χ1n) is 3.50. The lowest BCUT2D eigenvalue weighted by molar-refractivity contribution is 0.972. The lowest BCUT2D eigenvalue weighted by Crippen LogP contribution is -1.88. The van der Waals surface area contributed by atoms with Crippen LogP contribution in [0.4, 0.5) is 0 Å². The molecule has 1 aromatic heterocycles. The molecular weight excluding hydrogens is 144 g/mol. The Morgan fingerprint density at radius 1 is 1.70 bits per heavy atom. The molecule has 1 rings (SSSR count). The van der Waals surface area contributed by atoms with Gasteiger partial charge in [-0.25, -0.2) is 4.98 Å². The van der Waals surface area contributed by atoms with Gasteiger partial charge in [-0.15, -0.1) is 0 Å². The highest BCUT2D eigenvalue weighted by Crippen LogP contribution is 1.98. The molecule has 0 aliphatic rings. The molecule has 0 aliphatic carbocycles. The van der Waals surface area contributed by atoms with Gasteiger partial charge < -0.3 is 4.98 Å². The summed E-state index contributed by atoms with van der Waals surface area (Å²) in [5.74, 6) is 1.91. The highest BCUT2D eigenvalue weighted by Gasteiger charge is 1.95. The summed E-state index contributed by atoms with van der Waals surface area (Å²) >= 11 is 4.11. The number of hydrogen-bond acceptors (Lipinski definition) is 2. The zero-order valence-electron chi connectivity index (χ0n) is 6.09. The van der Waals surface area contributed by atoms with Crippen LogP contribution >= 0.6 is 12.6 Å². The number of rotatable bonds is 3. The Kier molecular flexibility index (Phi) is 2.81. The van der Waals surface area contributed by atoms with Crippen LogP contribution in [-0.2, 0) is 12.8 Å². The molecule has 0 fully saturated rings. The van der Waals surface area contributed by atoms with E-state index in [9.17, 15) is 0 Å². The maximum atomic E-state index is 4.17. The Balaban J connectivity index is 2.59. The molecule has 3 heteroatoms. The summed E-state index contributed by atoms with van der Waals surface area (Å²) in [6.07, 6.45) is 3.85. The summed E-state index contributed by atoms with van der Waals surface area (Å²) in [7, 11) is 0. The number of nitrogens with one attached hydrogen (secondary N) is 1. The molecule has 0 aliphatic heterocycles. The third kappa shape index (κ3) is 1.77. The van der Waals surface area contributed by atoms with Crippen LogP contribution in [0, 0.1) is 0 Å². The van der Waals surface area contributed by atoms with E-state index < -0.39 is 0 Å². The molecule has 0 spiro atoms. The van der Waals surface area contributed by atoms with Gasteiger partial charge in [-0.1, -0.05) is 6.92 Å². The van der Waals surface area contributed by atoms with Crippen molar-refractivity contribution >= 4 is 12.6 Å². The summed E-state index contributed by atoms with van der Waals surface area (Å²) in [6.45, 7) is 2.11. The van der Waals surface area contributed by atoms with Crippen molar-refractivity contribution in [3.05, 3.63) is 17.7 Å². The monoisotopic (exact) mass is 156 g/mol. The normalized spacial score (nSPS) is 10.2. The van der Waals surface area contributed by atoms with Crippen LogP contribution in [-0.4, -0.2) is 15.7 Å². The van der Waals surface area contributed by atoms with Crippen LogP contribution in [0.25, 0.3) is 0 Å². The van der Waals surface area contributed by atoms with Gasteiger partial charge in [-0.05, 0) is 12.2 Å². The number of H-pyrrole nitrogens is 1. The van der Waals surface area contributed by atoms with Crippen molar-refractivity contribution < 1.29 is 0 Å². The van der Waals surface area contributed by atoms with Crippen molar-refractivity contribution in [2.45, 2.75) is 19.8 Å². The Bertz CT molecular complexity index is 195. The molecule has 10 heavy (non-hydrogen) atoms. The second kappa shape index (κ2) is 3.66. The van der Waals surface area contributed by atoms with Gasteiger partial charge in [0, 0.05) is 18.3 Å². The van der Waals surface area contributed by atoms with Gasteiger partial charge in [0.2, 0.25) is 0 Å². The molecule has 1 aromatic rings. The van der Waals surface area contributed by atoms with Gasteiger partial charge in [0.25, 0.3) is 0 Å².